The number of carbonyl (C=O) groups is 1. The standard InChI is InChI=1S/C23H32ClFO5/c24-16-8-12-20(25)15(13-16)7-9-17(26)10-11-19-18(21(27)14-22(19)28)5-3-1-2-4-6-23(29)30/h7-9,12-13,17-19,21-22,26-28H,1-6,10-11,14H2,(H,29,30)/b9-7+. The van der Waals surface area contributed by atoms with Crippen molar-refractivity contribution < 1.29 is 29.6 Å². The molecule has 5 atom stereocenters. The molecule has 1 saturated carbocycles. The van der Waals surface area contributed by atoms with Gasteiger partial charge in [-0.1, -0.05) is 43.0 Å². The lowest BCUT2D eigenvalue weighted by Gasteiger charge is -2.24. The number of hydrogen-bond donors (Lipinski definition) is 4. The summed E-state index contributed by atoms with van der Waals surface area (Å²) >= 11 is 5.87. The van der Waals surface area contributed by atoms with E-state index in [4.69, 9.17) is 16.7 Å². The highest BCUT2D eigenvalue weighted by atomic mass is 35.5. The van der Waals surface area contributed by atoms with E-state index in [1.165, 1.54) is 30.4 Å². The number of carboxylic acids is 1. The molecule has 0 aromatic heterocycles. The Hall–Kier alpha value is -1.47. The van der Waals surface area contributed by atoms with Gasteiger partial charge in [0.1, 0.15) is 5.82 Å². The zero-order chi connectivity index (χ0) is 22.1. The van der Waals surface area contributed by atoms with E-state index in [2.05, 4.69) is 0 Å². The second-order valence-electron chi connectivity index (χ2n) is 8.21. The summed E-state index contributed by atoms with van der Waals surface area (Å²) in [5.74, 6) is -1.32. The zero-order valence-electron chi connectivity index (χ0n) is 17.1. The number of unbranched alkanes of at least 4 members (excludes halogenated alkanes) is 3. The highest BCUT2D eigenvalue weighted by Gasteiger charge is 2.40. The van der Waals surface area contributed by atoms with Gasteiger partial charge in [0.2, 0.25) is 0 Å². The molecule has 0 radical (unpaired) electrons. The largest absolute Gasteiger partial charge is 0.481 e. The molecule has 0 aliphatic heterocycles. The Labute approximate surface area is 182 Å². The van der Waals surface area contributed by atoms with Gasteiger partial charge in [0.25, 0.3) is 0 Å². The summed E-state index contributed by atoms with van der Waals surface area (Å²) in [6.45, 7) is 0. The van der Waals surface area contributed by atoms with Crippen LogP contribution in [0.1, 0.15) is 63.4 Å². The highest BCUT2D eigenvalue weighted by Crippen LogP contribution is 2.39. The number of aliphatic carboxylic acids is 1. The number of rotatable bonds is 12. The molecule has 1 fully saturated rings. The minimum atomic E-state index is -0.787. The molecule has 5 nitrogen and oxygen atoms in total. The van der Waals surface area contributed by atoms with Crippen molar-refractivity contribution in [1.82, 2.24) is 0 Å². The summed E-state index contributed by atoms with van der Waals surface area (Å²) in [7, 11) is 0. The van der Waals surface area contributed by atoms with Crippen molar-refractivity contribution >= 4 is 23.6 Å². The van der Waals surface area contributed by atoms with Gasteiger partial charge in [0.15, 0.2) is 0 Å². The molecule has 1 aromatic carbocycles. The first kappa shape index (κ1) is 24.8. The number of benzene rings is 1. The monoisotopic (exact) mass is 442 g/mol. The first-order chi connectivity index (χ1) is 14.3. The van der Waals surface area contributed by atoms with Gasteiger partial charge < -0.3 is 20.4 Å². The van der Waals surface area contributed by atoms with E-state index in [1.807, 2.05) is 0 Å². The Morgan fingerprint density at radius 3 is 2.50 bits per heavy atom. The van der Waals surface area contributed by atoms with Crippen LogP contribution >= 0.6 is 11.6 Å². The van der Waals surface area contributed by atoms with Crippen LogP contribution in [0.15, 0.2) is 24.3 Å². The molecule has 2 rings (SSSR count). The van der Waals surface area contributed by atoms with Crippen molar-refractivity contribution in [2.45, 2.75) is 76.1 Å². The minimum Gasteiger partial charge on any atom is -0.481 e. The molecule has 0 amide bonds. The zero-order valence-corrected chi connectivity index (χ0v) is 17.8. The lowest BCUT2D eigenvalue weighted by Crippen LogP contribution is -2.23. The molecule has 0 bridgehead atoms. The molecule has 0 saturated heterocycles. The molecule has 168 valence electrons. The summed E-state index contributed by atoms with van der Waals surface area (Å²) < 4.78 is 13.8. The summed E-state index contributed by atoms with van der Waals surface area (Å²) in [5, 5.41) is 40.0. The van der Waals surface area contributed by atoms with Gasteiger partial charge in [-0.3, -0.25) is 4.79 Å². The molecule has 1 aliphatic rings. The van der Waals surface area contributed by atoms with E-state index in [-0.39, 0.29) is 18.3 Å². The van der Waals surface area contributed by atoms with Crippen LogP contribution in [0.25, 0.3) is 6.08 Å². The number of hydrogen-bond acceptors (Lipinski definition) is 4. The van der Waals surface area contributed by atoms with E-state index in [9.17, 15) is 24.5 Å². The van der Waals surface area contributed by atoms with Crippen LogP contribution < -0.4 is 0 Å². The third kappa shape index (κ3) is 7.99. The normalized spacial score (nSPS) is 25.1. The van der Waals surface area contributed by atoms with Gasteiger partial charge in [0, 0.05) is 17.0 Å². The maximum absolute atomic E-state index is 13.8. The average molecular weight is 443 g/mol. The Bertz CT molecular complexity index is 711. The third-order valence-corrected chi connectivity index (χ3v) is 6.19. The first-order valence-electron chi connectivity index (χ1n) is 10.7. The van der Waals surface area contributed by atoms with Crippen LogP contribution in [0.3, 0.4) is 0 Å². The quantitative estimate of drug-likeness (QED) is 0.359. The van der Waals surface area contributed by atoms with Gasteiger partial charge in [0.05, 0.1) is 18.3 Å². The van der Waals surface area contributed by atoms with Crippen molar-refractivity contribution in [2.75, 3.05) is 0 Å². The van der Waals surface area contributed by atoms with E-state index in [0.717, 1.165) is 25.7 Å². The molecule has 1 aromatic rings. The van der Waals surface area contributed by atoms with E-state index >= 15 is 0 Å². The number of aliphatic hydroxyl groups is 3. The molecular formula is C23H32ClFO5. The number of aliphatic hydroxyl groups excluding tert-OH is 3. The fraction of sp³-hybridized carbons (Fsp3) is 0.609. The highest BCUT2D eigenvalue weighted by molar-refractivity contribution is 6.30. The lowest BCUT2D eigenvalue weighted by atomic mass is 9.85. The Morgan fingerprint density at radius 2 is 1.80 bits per heavy atom. The predicted molar refractivity (Wildman–Crippen MR) is 115 cm³/mol. The summed E-state index contributed by atoms with van der Waals surface area (Å²) in [5.41, 5.74) is 0.304. The molecule has 0 heterocycles. The van der Waals surface area contributed by atoms with E-state index < -0.39 is 30.1 Å². The fourth-order valence-electron chi connectivity index (χ4n) is 4.31. The maximum Gasteiger partial charge on any atom is 0.303 e. The smallest absolute Gasteiger partial charge is 0.303 e. The third-order valence-electron chi connectivity index (χ3n) is 5.95. The summed E-state index contributed by atoms with van der Waals surface area (Å²) in [4.78, 5) is 10.5. The van der Waals surface area contributed by atoms with Gasteiger partial charge in [-0.25, -0.2) is 4.39 Å². The fourth-order valence-corrected chi connectivity index (χ4v) is 4.49. The Morgan fingerprint density at radius 1 is 1.13 bits per heavy atom. The maximum atomic E-state index is 13.8. The Kier molecular flexibility index (Phi) is 10.2. The molecule has 7 heteroatoms. The topological polar surface area (TPSA) is 98.0 Å². The molecule has 4 N–H and O–H groups in total. The first-order valence-corrected chi connectivity index (χ1v) is 11.0. The summed E-state index contributed by atoms with van der Waals surface area (Å²) in [6, 6.07) is 4.23. The minimum absolute atomic E-state index is 0.0268. The van der Waals surface area contributed by atoms with Crippen molar-refractivity contribution in [3.05, 3.63) is 40.7 Å². The van der Waals surface area contributed by atoms with Crippen molar-refractivity contribution in [3.63, 3.8) is 0 Å². The SMILES string of the molecule is O=C(O)CCCCCCC1C(O)CC(O)C1CCC(O)/C=C/c1cc(Cl)ccc1F. The van der Waals surface area contributed by atoms with Crippen LogP contribution in [-0.4, -0.2) is 44.7 Å². The van der Waals surface area contributed by atoms with Gasteiger partial charge in [-0.05, 0) is 62.1 Å². The number of carboxylic acid groups (broad SMARTS) is 1. The van der Waals surface area contributed by atoms with Crippen molar-refractivity contribution in [2.24, 2.45) is 11.8 Å². The second-order valence-corrected chi connectivity index (χ2v) is 8.65. The van der Waals surface area contributed by atoms with E-state index in [0.29, 0.717) is 36.3 Å². The lowest BCUT2D eigenvalue weighted by molar-refractivity contribution is -0.137. The van der Waals surface area contributed by atoms with Crippen LogP contribution in [0.2, 0.25) is 5.02 Å². The molecule has 30 heavy (non-hydrogen) atoms. The Balaban J connectivity index is 1.80. The average Bonchev–Trinajstić information content (AvgIpc) is 2.95. The van der Waals surface area contributed by atoms with E-state index in [1.54, 1.807) is 0 Å². The van der Waals surface area contributed by atoms with Crippen LogP contribution in [0.5, 0.6) is 0 Å². The van der Waals surface area contributed by atoms with Gasteiger partial charge in [-0.2, -0.15) is 0 Å². The van der Waals surface area contributed by atoms with Gasteiger partial charge >= 0.3 is 5.97 Å². The van der Waals surface area contributed by atoms with Crippen molar-refractivity contribution in [3.8, 4) is 0 Å². The predicted octanol–water partition coefficient (Wildman–Crippen LogP) is 4.42. The molecule has 5 unspecified atom stereocenters. The number of halogens is 2. The van der Waals surface area contributed by atoms with Crippen LogP contribution in [0, 0.1) is 17.7 Å². The summed E-state index contributed by atoms with van der Waals surface area (Å²) in [6.07, 6.45) is 6.60. The van der Waals surface area contributed by atoms with Crippen LogP contribution in [-0.2, 0) is 4.79 Å². The van der Waals surface area contributed by atoms with Gasteiger partial charge in [-0.15, -0.1) is 0 Å². The van der Waals surface area contributed by atoms with Crippen LogP contribution in [0.4, 0.5) is 4.39 Å². The second kappa shape index (κ2) is 12.4. The molecular weight excluding hydrogens is 411 g/mol. The molecule has 1 aliphatic carbocycles. The van der Waals surface area contributed by atoms with Crippen molar-refractivity contribution in [1.29, 1.82) is 0 Å². The molecule has 0 spiro atoms.